The summed E-state index contributed by atoms with van der Waals surface area (Å²) in [5.41, 5.74) is 3.67. The van der Waals surface area contributed by atoms with Gasteiger partial charge < -0.3 is 9.80 Å². The molecule has 2 aromatic carbocycles. The summed E-state index contributed by atoms with van der Waals surface area (Å²) in [5.74, 6) is 0.193. The van der Waals surface area contributed by atoms with Crippen LogP contribution in [0.25, 0.3) is 10.8 Å². The molecule has 1 aliphatic carbocycles. The van der Waals surface area contributed by atoms with Gasteiger partial charge in [0.15, 0.2) is 0 Å². The zero-order chi connectivity index (χ0) is 14.4. The summed E-state index contributed by atoms with van der Waals surface area (Å²) in [6.45, 7) is 3.59. The molecule has 0 atom stereocenters. The normalized spacial score (nSPS) is 18.4. The van der Waals surface area contributed by atoms with Crippen molar-refractivity contribution in [2.45, 2.75) is 12.8 Å². The lowest BCUT2D eigenvalue weighted by Gasteiger charge is -2.32. The van der Waals surface area contributed by atoms with Gasteiger partial charge in [-0.15, -0.1) is 0 Å². The third kappa shape index (κ3) is 2.04. The van der Waals surface area contributed by atoms with E-state index in [-0.39, 0.29) is 5.91 Å². The lowest BCUT2D eigenvalue weighted by Crippen LogP contribution is -2.47. The van der Waals surface area contributed by atoms with Crippen LogP contribution in [0.3, 0.4) is 0 Å². The van der Waals surface area contributed by atoms with Crippen molar-refractivity contribution in [3.63, 3.8) is 0 Å². The molecule has 0 aromatic heterocycles. The maximum absolute atomic E-state index is 12.9. The maximum atomic E-state index is 12.9. The third-order valence-corrected chi connectivity index (χ3v) is 4.90. The number of amides is 1. The van der Waals surface area contributed by atoms with E-state index in [4.69, 9.17) is 0 Å². The SMILES string of the molecule is CN1CCN(C(=O)c2ccc3c4c(cccc24)CC3)CC1. The van der Waals surface area contributed by atoms with Crippen LogP contribution in [0.1, 0.15) is 21.5 Å². The highest BCUT2D eigenvalue weighted by molar-refractivity contribution is 6.09. The third-order valence-electron chi connectivity index (χ3n) is 4.90. The number of aryl methyl sites for hydroxylation is 2. The van der Waals surface area contributed by atoms with E-state index in [1.807, 2.05) is 11.0 Å². The molecule has 2 aromatic rings. The highest BCUT2D eigenvalue weighted by atomic mass is 16.2. The largest absolute Gasteiger partial charge is 0.336 e. The van der Waals surface area contributed by atoms with E-state index in [1.54, 1.807) is 0 Å². The molecule has 1 fully saturated rings. The first kappa shape index (κ1) is 12.8. The van der Waals surface area contributed by atoms with Crippen LogP contribution in [0.15, 0.2) is 30.3 Å². The summed E-state index contributed by atoms with van der Waals surface area (Å²) in [6.07, 6.45) is 2.22. The van der Waals surface area contributed by atoms with Gasteiger partial charge >= 0.3 is 0 Å². The van der Waals surface area contributed by atoms with Gasteiger partial charge in [-0.25, -0.2) is 0 Å². The fraction of sp³-hybridized carbons (Fsp3) is 0.389. The number of carbonyl (C=O) groups is 1. The van der Waals surface area contributed by atoms with Gasteiger partial charge in [0.25, 0.3) is 5.91 Å². The Hall–Kier alpha value is -1.87. The molecule has 0 spiro atoms. The van der Waals surface area contributed by atoms with Gasteiger partial charge in [0.2, 0.25) is 0 Å². The Morgan fingerprint density at radius 3 is 2.43 bits per heavy atom. The maximum Gasteiger partial charge on any atom is 0.254 e. The number of carbonyl (C=O) groups excluding carboxylic acids is 1. The van der Waals surface area contributed by atoms with Crippen LogP contribution >= 0.6 is 0 Å². The van der Waals surface area contributed by atoms with Crippen LogP contribution in [0.2, 0.25) is 0 Å². The number of hydrogen-bond donors (Lipinski definition) is 0. The highest BCUT2D eigenvalue weighted by Gasteiger charge is 2.24. The molecule has 0 N–H and O–H groups in total. The first-order valence-corrected chi connectivity index (χ1v) is 7.75. The van der Waals surface area contributed by atoms with Gasteiger partial charge in [0, 0.05) is 31.7 Å². The molecule has 2 aliphatic rings. The summed E-state index contributed by atoms with van der Waals surface area (Å²) in [4.78, 5) is 17.1. The first-order valence-electron chi connectivity index (χ1n) is 7.75. The van der Waals surface area contributed by atoms with E-state index in [9.17, 15) is 4.79 Å². The number of benzene rings is 2. The summed E-state index contributed by atoms with van der Waals surface area (Å²) < 4.78 is 0. The number of likely N-dealkylation sites (N-methyl/N-ethyl adjacent to an activating group) is 1. The molecule has 3 nitrogen and oxygen atoms in total. The van der Waals surface area contributed by atoms with Gasteiger partial charge in [-0.3, -0.25) is 4.79 Å². The Labute approximate surface area is 125 Å². The minimum absolute atomic E-state index is 0.193. The van der Waals surface area contributed by atoms with E-state index in [2.05, 4.69) is 36.2 Å². The number of nitrogens with zero attached hydrogens (tertiary/aromatic N) is 2. The van der Waals surface area contributed by atoms with Crippen LogP contribution < -0.4 is 0 Å². The average molecular weight is 280 g/mol. The molecule has 108 valence electrons. The van der Waals surface area contributed by atoms with Crippen molar-refractivity contribution in [1.82, 2.24) is 9.80 Å². The Kier molecular flexibility index (Phi) is 2.96. The molecule has 3 heteroatoms. The van der Waals surface area contributed by atoms with E-state index in [0.29, 0.717) is 0 Å². The van der Waals surface area contributed by atoms with Crippen molar-refractivity contribution in [2.75, 3.05) is 33.2 Å². The molecule has 0 bridgehead atoms. The number of rotatable bonds is 1. The van der Waals surface area contributed by atoms with Crippen LogP contribution in [0.5, 0.6) is 0 Å². The van der Waals surface area contributed by atoms with Crippen LogP contribution in [0.4, 0.5) is 0 Å². The highest BCUT2D eigenvalue weighted by Crippen LogP contribution is 2.33. The topological polar surface area (TPSA) is 23.6 Å². The van der Waals surface area contributed by atoms with Crippen LogP contribution in [0, 0.1) is 0 Å². The molecular weight excluding hydrogens is 260 g/mol. The summed E-state index contributed by atoms with van der Waals surface area (Å²) in [6, 6.07) is 10.6. The van der Waals surface area contributed by atoms with E-state index in [0.717, 1.165) is 50.0 Å². The molecule has 1 amide bonds. The summed E-state index contributed by atoms with van der Waals surface area (Å²) in [5, 5.41) is 2.48. The minimum atomic E-state index is 0.193. The molecular formula is C18H20N2O. The molecule has 21 heavy (non-hydrogen) atoms. The minimum Gasteiger partial charge on any atom is -0.336 e. The van der Waals surface area contributed by atoms with Crippen LogP contribution in [-0.4, -0.2) is 48.9 Å². The van der Waals surface area contributed by atoms with Gasteiger partial charge in [0.1, 0.15) is 0 Å². The van der Waals surface area contributed by atoms with Crippen LogP contribution in [-0.2, 0) is 12.8 Å². The smallest absolute Gasteiger partial charge is 0.254 e. The molecule has 1 saturated heterocycles. The Bertz CT molecular complexity index is 704. The number of piperazine rings is 1. The van der Waals surface area contributed by atoms with Crippen molar-refractivity contribution in [1.29, 1.82) is 0 Å². The zero-order valence-corrected chi connectivity index (χ0v) is 12.4. The van der Waals surface area contributed by atoms with E-state index in [1.165, 1.54) is 16.5 Å². The van der Waals surface area contributed by atoms with Gasteiger partial charge in [-0.05, 0) is 47.9 Å². The van der Waals surface area contributed by atoms with Gasteiger partial charge in [-0.2, -0.15) is 0 Å². The molecule has 1 heterocycles. The quantitative estimate of drug-likeness (QED) is 0.800. The summed E-state index contributed by atoms with van der Waals surface area (Å²) >= 11 is 0. The monoisotopic (exact) mass is 280 g/mol. The second-order valence-electron chi connectivity index (χ2n) is 6.21. The lowest BCUT2D eigenvalue weighted by molar-refractivity contribution is 0.0666. The fourth-order valence-corrected chi connectivity index (χ4v) is 3.61. The molecule has 0 unspecified atom stereocenters. The molecule has 0 saturated carbocycles. The van der Waals surface area contributed by atoms with Crippen molar-refractivity contribution >= 4 is 16.7 Å². The lowest BCUT2D eigenvalue weighted by atomic mass is 9.99. The van der Waals surface area contributed by atoms with Crippen molar-refractivity contribution in [3.8, 4) is 0 Å². The zero-order valence-electron chi connectivity index (χ0n) is 12.4. The second-order valence-corrected chi connectivity index (χ2v) is 6.21. The second kappa shape index (κ2) is 4.85. The summed E-state index contributed by atoms with van der Waals surface area (Å²) in [7, 11) is 2.11. The fourth-order valence-electron chi connectivity index (χ4n) is 3.61. The predicted molar refractivity (Wildman–Crippen MR) is 84.8 cm³/mol. The Balaban J connectivity index is 1.76. The van der Waals surface area contributed by atoms with Crippen molar-refractivity contribution in [2.24, 2.45) is 0 Å². The predicted octanol–water partition coefficient (Wildman–Crippen LogP) is 2.33. The molecule has 0 radical (unpaired) electrons. The first-order chi connectivity index (χ1) is 10.2. The number of hydrogen-bond acceptors (Lipinski definition) is 2. The van der Waals surface area contributed by atoms with Gasteiger partial charge in [0.05, 0.1) is 0 Å². The van der Waals surface area contributed by atoms with Crippen molar-refractivity contribution < 1.29 is 4.79 Å². The molecule has 1 aliphatic heterocycles. The Morgan fingerprint density at radius 2 is 1.67 bits per heavy atom. The van der Waals surface area contributed by atoms with Gasteiger partial charge in [-0.1, -0.05) is 24.3 Å². The standard InChI is InChI=1S/C18H20N2O/c1-19-9-11-20(12-10-19)18(21)16-8-7-14-6-5-13-3-2-4-15(16)17(13)14/h2-4,7-8H,5-6,9-12H2,1H3. The Morgan fingerprint density at radius 1 is 0.952 bits per heavy atom. The molecule has 4 rings (SSSR count). The van der Waals surface area contributed by atoms with E-state index >= 15 is 0 Å². The van der Waals surface area contributed by atoms with Crippen molar-refractivity contribution in [3.05, 3.63) is 47.0 Å². The van der Waals surface area contributed by atoms with E-state index < -0.39 is 0 Å². The average Bonchev–Trinajstić information content (AvgIpc) is 2.93.